The summed E-state index contributed by atoms with van der Waals surface area (Å²) in [6, 6.07) is 11.8. The molecule has 2 saturated heterocycles. The highest BCUT2D eigenvalue weighted by atomic mass is 32.2. The number of fused-ring (bicyclic) bond motifs is 1. The molecule has 152 valence electrons. The predicted octanol–water partition coefficient (Wildman–Crippen LogP) is 1.88. The second kappa shape index (κ2) is 8.84. The zero-order valence-electron chi connectivity index (χ0n) is 15.8. The van der Waals surface area contributed by atoms with Crippen molar-refractivity contribution in [1.29, 1.82) is 0 Å². The summed E-state index contributed by atoms with van der Waals surface area (Å²) in [5.41, 5.74) is 1.14. The van der Waals surface area contributed by atoms with E-state index in [1.807, 2.05) is 30.3 Å². The van der Waals surface area contributed by atoms with Gasteiger partial charge in [-0.1, -0.05) is 30.3 Å². The molecule has 1 N–H and O–H groups in total. The fourth-order valence-corrected chi connectivity index (χ4v) is 4.73. The number of nitrogens with one attached hydrogen (secondary N) is 1. The average Bonchev–Trinajstić information content (AvgIpc) is 3.47. The lowest BCUT2D eigenvalue weighted by Crippen LogP contribution is -2.53. The maximum absolute atomic E-state index is 13.2. The monoisotopic (exact) mass is 414 g/mol. The van der Waals surface area contributed by atoms with E-state index in [1.165, 1.54) is 6.26 Å². The van der Waals surface area contributed by atoms with Gasteiger partial charge in [0, 0.05) is 18.1 Å². The van der Waals surface area contributed by atoms with Crippen LogP contribution in [0.4, 0.5) is 0 Å². The van der Waals surface area contributed by atoms with Crippen LogP contribution in [0.3, 0.4) is 0 Å². The number of likely N-dealkylation sites (tertiary alicyclic amines) is 1. The number of furan rings is 1. The molecule has 4 rings (SSSR count). The minimum absolute atomic E-state index is 0.0469. The highest BCUT2D eigenvalue weighted by molar-refractivity contribution is 7.98. The van der Waals surface area contributed by atoms with Crippen molar-refractivity contribution in [2.45, 2.75) is 30.4 Å². The van der Waals surface area contributed by atoms with Gasteiger partial charge in [0.05, 0.1) is 12.4 Å². The molecule has 1 aromatic heterocycles. The number of hydrogen-bond donors (Lipinski definition) is 1. The maximum Gasteiger partial charge on any atom is 0.287 e. The van der Waals surface area contributed by atoms with Crippen LogP contribution in [0.5, 0.6) is 0 Å². The van der Waals surface area contributed by atoms with Crippen LogP contribution >= 0.6 is 11.8 Å². The number of carbonyl (C=O) groups excluding carboxylic acids is 3. The molecule has 8 heteroatoms. The first-order chi connectivity index (χ1) is 14.1. The molecule has 0 saturated carbocycles. The van der Waals surface area contributed by atoms with E-state index in [0.29, 0.717) is 18.7 Å². The molecule has 2 fully saturated rings. The molecule has 0 bridgehead atoms. The van der Waals surface area contributed by atoms with Gasteiger partial charge < -0.3 is 19.4 Å². The average molecular weight is 414 g/mol. The van der Waals surface area contributed by atoms with E-state index < -0.39 is 18.0 Å². The molecule has 2 aliphatic heterocycles. The number of carbonyl (C=O) groups is 3. The number of benzene rings is 1. The number of Topliss-reactive ketones (excluding diaryl/α,β-unsaturated/α-hetero) is 1. The summed E-state index contributed by atoms with van der Waals surface area (Å²) >= 11 is 1.56. The molecule has 7 nitrogen and oxygen atoms in total. The molecule has 3 atom stereocenters. The molecule has 29 heavy (non-hydrogen) atoms. The fourth-order valence-electron chi connectivity index (χ4n) is 3.72. The lowest BCUT2D eigenvalue weighted by atomic mass is 10.1. The summed E-state index contributed by atoms with van der Waals surface area (Å²) in [5.74, 6) is 0.484. The Morgan fingerprint density at radius 3 is 2.79 bits per heavy atom. The van der Waals surface area contributed by atoms with Gasteiger partial charge in [-0.3, -0.25) is 14.4 Å². The third kappa shape index (κ3) is 4.38. The topological polar surface area (TPSA) is 88.9 Å². The molecule has 1 aromatic carbocycles. The Bertz CT molecular complexity index is 870. The van der Waals surface area contributed by atoms with Crippen molar-refractivity contribution in [3.8, 4) is 0 Å². The second-order valence-corrected chi connectivity index (χ2v) is 8.12. The summed E-state index contributed by atoms with van der Waals surface area (Å²) in [7, 11) is 0. The molecule has 2 aliphatic rings. The van der Waals surface area contributed by atoms with Crippen LogP contribution in [0.15, 0.2) is 53.1 Å². The second-order valence-electron chi connectivity index (χ2n) is 7.08. The number of thioether (sulfide) groups is 1. The Morgan fingerprint density at radius 1 is 1.21 bits per heavy atom. The molecular formula is C21H22N2O5S. The van der Waals surface area contributed by atoms with E-state index in [4.69, 9.17) is 9.15 Å². The van der Waals surface area contributed by atoms with Crippen LogP contribution in [0.25, 0.3) is 0 Å². The Kier molecular flexibility index (Phi) is 6.01. The van der Waals surface area contributed by atoms with Crippen molar-refractivity contribution in [3.05, 3.63) is 60.1 Å². The van der Waals surface area contributed by atoms with Gasteiger partial charge in [0.2, 0.25) is 5.91 Å². The molecule has 0 aliphatic carbocycles. The zero-order valence-corrected chi connectivity index (χ0v) is 16.6. The Morgan fingerprint density at radius 2 is 2.03 bits per heavy atom. The van der Waals surface area contributed by atoms with Crippen LogP contribution in [-0.2, 0) is 20.1 Å². The van der Waals surface area contributed by atoms with Crippen LogP contribution in [0, 0.1) is 0 Å². The minimum Gasteiger partial charge on any atom is -0.459 e. The van der Waals surface area contributed by atoms with E-state index in [1.54, 1.807) is 28.8 Å². The van der Waals surface area contributed by atoms with Gasteiger partial charge in [-0.15, -0.1) is 0 Å². The molecule has 3 unspecified atom stereocenters. The van der Waals surface area contributed by atoms with Crippen molar-refractivity contribution < 1.29 is 23.5 Å². The van der Waals surface area contributed by atoms with Gasteiger partial charge in [0.15, 0.2) is 11.5 Å². The van der Waals surface area contributed by atoms with Gasteiger partial charge in [-0.05, 0) is 24.1 Å². The Balaban J connectivity index is 1.45. The lowest BCUT2D eigenvalue weighted by molar-refractivity contribution is -0.137. The molecular weight excluding hydrogens is 392 g/mol. The standard InChI is InChI=1S/C21H22N2O5S/c24-16-11-28-17-8-9-23(19(16)17)21(26)15(22-20(25)18-7-4-10-27-18)13-29-12-14-5-2-1-3-6-14/h1-7,10,15,17,19H,8-9,11-13H2,(H,22,25). The van der Waals surface area contributed by atoms with Gasteiger partial charge in [0.25, 0.3) is 5.91 Å². The predicted molar refractivity (Wildman–Crippen MR) is 107 cm³/mol. The Labute approximate surface area is 172 Å². The smallest absolute Gasteiger partial charge is 0.287 e. The van der Waals surface area contributed by atoms with Crippen molar-refractivity contribution in [2.75, 3.05) is 18.9 Å². The third-order valence-corrected chi connectivity index (χ3v) is 6.25. The van der Waals surface area contributed by atoms with E-state index in [-0.39, 0.29) is 30.2 Å². The van der Waals surface area contributed by atoms with E-state index in [2.05, 4.69) is 5.32 Å². The molecule has 0 radical (unpaired) electrons. The number of nitrogens with zero attached hydrogens (tertiary/aromatic N) is 1. The summed E-state index contributed by atoms with van der Waals surface area (Å²) in [5, 5.41) is 2.78. The number of hydrogen-bond acceptors (Lipinski definition) is 6. The largest absolute Gasteiger partial charge is 0.459 e. The summed E-state index contributed by atoms with van der Waals surface area (Å²) in [6.45, 7) is 0.502. The highest BCUT2D eigenvalue weighted by Gasteiger charge is 2.48. The summed E-state index contributed by atoms with van der Waals surface area (Å²) in [6.07, 6.45) is 1.82. The lowest BCUT2D eigenvalue weighted by Gasteiger charge is -2.27. The van der Waals surface area contributed by atoms with Crippen LogP contribution in [0.1, 0.15) is 22.5 Å². The van der Waals surface area contributed by atoms with E-state index in [0.717, 1.165) is 11.3 Å². The zero-order chi connectivity index (χ0) is 20.2. The Hall–Kier alpha value is -2.58. The highest BCUT2D eigenvalue weighted by Crippen LogP contribution is 2.28. The van der Waals surface area contributed by atoms with Crippen LogP contribution < -0.4 is 5.32 Å². The van der Waals surface area contributed by atoms with Gasteiger partial charge >= 0.3 is 0 Å². The normalized spacial score (nSPS) is 21.8. The van der Waals surface area contributed by atoms with Crippen molar-refractivity contribution in [1.82, 2.24) is 10.2 Å². The first kappa shape index (κ1) is 19.7. The fraction of sp³-hybridized carbons (Fsp3) is 0.381. The van der Waals surface area contributed by atoms with Crippen LogP contribution in [-0.4, -0.2) is 59.6 Å². The number of ketones is 1. The number of ether oxygens (including phenoxy) is 1. The molecule has 2 aromatic rings. The molecule has 3 heterocycles. The van der Waals surface area contributed by atoms with Crippen LogP contribution in [0.2, 0.25) is 0 Å². The first-order valence-electron chi connectivity index (χ1n) is 9.54. The van der Waals surface area contributed by atoms with E-state index in [9.17, 15) is 14.4 Å². The third-order valence-electron chi connectivity index (χ3n) is 5.14. The minimum atomic E-state index is -0.756. The molecule has 2 amide bonds. The maximum atomic E-state index is 13.2. The van der Waals surface area contributed by atoms with E-state index >= 15 is 0 Å². The quantitative estimate of drug-likeness (QED) is 0.744. The van der Waals surface area contributed by atoms with Gasteiger partial charge in [-0.25, -0.2) is 0 Å². The SMILES string of the molecule is O=C(NC(CSCc1ccccc1)C(=O)N1CCC2OCC(=O)C21)c1ccco1. The van der Waals surface area contributed by atoms with Crippen molar-refractivity contribution in [3.63, 3.8) is 0 Å². The van der Waals surface area contributed by atoms with Crippen molar-refractivity contribution >= 4 is 29.4 Å². The summed E-state index contributed by atoms with van der Waals surface area (Å²) in [4.78, 5) is 39.5. The van der Waals surface area contributed by atoms with Gasteiger partial charge in [0.1, 0.15) is 18.7 Å². The number of rotatable bonds is 7. The van der Waals surface area contributed by atoms with Gasteiger partial charge in [-0.2, -0.15) is 11.8 Å². The summed E-state index contributed by atoms with van der Waals surface area (Å²) < 4.78 is 10.6. The first-order valence-corrected chi connectivity index (χ1v) is 10.7. The number of amides is 2. The van der Waals surface area contributed by atoms with Crippen molar-refractivity contribution in [2.24, 2.45) is 0 Å². The molecule has 0 spiro atoms.